The number of piperidine rings is 1. The number of ether oxygens (including phenoxy) is 2. The molecule has 12 heteroatoms. The van der Waals surface area contributed by atoms with Crippen molar-refractivity contribution in [2.45, 2.75) is 103 Å². The van der Waals surface area contributed by atoms with Crippen molar-refractivity contribution in [3.05, 3.63) is 8.30 Å². The molecule has 0 aliphatic carbocycles. The van der Waals surface area contributed by atoms with E-state index < -0.39 is 13.7 Å². The molecule has 9 nitrogen and oxygen atoms in total. The number of halogens is 2. The molecule has 4 heterocycles. The van der Waals surface area contributed by atoms with E-state index in [2.05, 4.69) is 68.4 Å². The van der Waals surface area contributed by atoms with Crippen molar-refractivity contribution >= 4 is 69.7 Å². The number of hydrogen-bond donors (Lipinski definition) is 1. The fraction of sp³-hybridized carbons (Fsp3) is 0.739. The normalized spacial score (nSPS) is 22.6. The number of rotatable bonds is 7. The highest BCUT2D eigenvalue weighted by Gasteiger charge is 2.43. The first kappa shape index (κ1) is 27.1. The zero-order chi connectivity index (χ0) is 25.5. The standard InChI is InChI=1S/C23H36BrIN6O3Si/c1-23(2,3)34-22(32)26-14-11-15-7-8-16(12-14)31(15)21-18(24)27-17-19(25)30(29-20(17)28-21)13-33-9-10-35(4,5)6/h14-16H,7-13H2,1-6H3,(H,26,32)/t14?,15-,16+. The summed E-state index contributed by atoms with van der Waals surface area (Å²) in [6, 6.07) is 1.81. The highest BCUT2D eigenvalue weighted by molar-refractivity contribution is 14.1. The Balaban J connectivity index is 1.46. The number of aromatic nitrogens is 4. The van der Waals surface area contributed by atoms with Crippen LogP contribution in [0.5, 0.6) is 0 Å². The number of anilines is 1. The fourth-order valence-corrected chi connectivity index (χ4v) is 6.62. The van der Waals surface area contributed by atoms with Gasteiger partial charge >= 0.3 is 6.09 Å². The lowest BCUT2D eigenvalue weighted by Crippen LogP contribution is -2.51. The topological polar surface area (TPSA) is 94.4 Å². The zero-order valence-electron chi connectivity index (χ0n) is 21.4. The van der Waals surface area contributed by atoms with Gasteiger partial charge in [0, 0.05) is 32.8 Å². The van der Waals surface area contributed by atoms with E-state index in [0.29, 0.717) is 24.5 Å². The van der Waals surface area contributed by atoms with Gasteiger partial charge in [0.15, 0.2) is 5.82 Å². The smallest absolute Gasteiger partial charge is 0.407 e. The molecule has 0 saturated carbocycles. The molecule has 2 fully saturated rings. The van der Waals surface area contributed by atoms with E-state index in [9.17, 15) is 4.79 Å². The summed E-state index contributed by atoms with van der Waals surface area (Å²) in [5.41, 5.74) is 0.915. The molecule has 0 radical (unpaired) electrons. The van der Waals surface area contributed by atoms with Crippen molar-refractivity contribution in [3.63, 3.8) is 0 Å². The van der Waals surface area contributed by atoms with Gasteiger partial charge in [-0.05, 0) is 91.0 Å². The van der Waals surface area contributed by atoms with Gasteiger partial charge in [0.05, 0.1) is 0 Å². The van der Waals surface area contributed by atoms with E-state index in [0.717, 1.165) is 58.0 Å². The molecule has 0 aromatic carbocycles. The minimum atomic E-state index is -1.13. The first-order valence-corrected chi connectivity index (χ1v) is 17.8. The largest absolute Gasteiger partial charge is 0.444 e. The number of carbonyl (C=O) groups is 1. The number of hydrogen-bond acceptors (Lipinski definition) is 7. The molecule has 2 bridgehead atoms. The van der Waals surface area contributed by atoms with Crippen LogP contribution in [0.2, 0.25) is 25.7 Å². The Bertz CT molecular complexity index is 1070. The number of nitrogens with zero attached hydrogens (tertiary/aromatic N) is 5. The lowest BCUT2D eigenvalue weighted by atomic mass is 9.97. The summed E-state index contributed by atoms with van der Waals surface area (Å²) >= 11 is 5.95. The van der Waals surface area contributed by atoms with Crippen LogP contribution in [0.25, 0.3) is 11.2 Å². The lowest BCUT2D eigenvalue weighted by molar-refractivity contribution is 0.0492. The molecular weight excluding hydrogens is 643 g/mol. The van der Waals surface area contributed by atoms with E-state index in [1.807, 2.05) is 25.5 Å². The summed E-state index contributed by atoms with van der Waals surface area (Å²) in [4.78, 5) is 24.4. The first-order valence-electron chi connectivity index (χ1n) is 12.3. The molecule has 1 unspecified atom stereocenters. The monoisotopic (exact) mass is 678 g/mol. The number of nitrogens with one attached hydrogen (secondary N) is 1. The van der Waals surface area contributed by atoms with Gasteiger partial charge in [-0.25, -0.2) is 19.4 Å². The van der Waals surface area contributed by atoms with Crippen LogP contribution in [-0.4, -0.2) is 64.2 Å². The summed E-state index contributed by atoms with van der Waals surface area (Å²) in [5.74, 6) is 0.835. The van der Waals surface area contributed by atoms with Gasteiger partial charge in [-0.15, -0.1) is 5.10 Å². The van der Waals surface area contributed by atoms with E-state index in [1.54, 1.807) is 0 Å². The molecule has 3 atom stereocenters. The number of carbonyl (C=O) groups excluding carboxylic acids is 1. The lowest BCUT2D eigenvalue weighted by Gasteiger charge is -2.40. The maximum Gasteiger partial charge on any atom is 0.407 e. The number of fused-ring (bicyclic) bond motifs is 3. The molecule has 0 spiro atoms. The Hall–Kier alpha value is -0.993. The van der Waals surface area contributed by atoms with Gasteiger partial charge in [0.25, 0.3) is 0 Å². The van der Waals surface area contributed by atoms with Crippen LogP contribution in [0.1, 0.15) is 46.5 Å². The average molecular weight is 679 g/mol. The van der Waals surface area contributed by atoms with Gasteiger partial charge in [-0.2, -0.15) is 0 Å². The maximum atomic E-state index is 12.3. The van der Waals surface area contributed by atoms with Crippen LogP contribution in [0.4, 0.5) is 10.6 Å². The third-order valence-corrected chi connectivity index (χ3v) is 9.67. The minimum absolute atomic E-state index is 0.0996. The van der Waals surface area contributed by atoms with Crippen molar-refractivity contribution in [1.29, 1.82) is 0 Å². The number of amides is 1. The molecule has 4 rings (SSSR count). The van der Waals surface area contributed by atoms with Crippen molar-refractivity contribution in [2.24, 2.45) is 0 Å². The second-order valence-corrected chi connectivity index (χ2v) is 19.1. The van der Waals surface area contributed by atoms with Crippen LogP contribution in [-0.2, 0) is 16.2 Å². The quantitative estimate of drug-likeness (QED) is 0.234. The zero-order valence-corrected chi connectivity index (χ0v) is 26.1. The van der Waals surface area contributed by atoms with Crippen LogP contribution in [0.3, 0.4) is 0 Å². The Morgan fingerprint density at radius 1 is 1.20 bits per heavy atom. The Morgan fingerprint density at radius 2 is 1.86 bits per heavy atom. The molecular formula is C23H36BrIN6O3Si. The third kappa shape index (κ3) is 6.66. The predicted octanol–water partition coefficient (Wildman–Crippen LogP) is 5.53. The molecule has 2 aliphatic rings. The molecule has 194 valence electrons. The Kier molecular flexibility index (Phi) is 8.04. The molecule has 2 aliphatic heterocycles. The minimum Gasteiger partial charge on any atom is -0.444 e. The van der Waals surface area contributed by atoms with E-state index in [4.69, 9.17) is 24.5 Å². The highest BCUT2D eigenvalue weighted by Crippen LogP contribution is 2.41. The highest BCUT2D eigenvalue weighted by atomic mass is 127. The summed E-state index contributed by atoms with van der Waals surface area (Å²) in [6.45, 7) is 13.8. The van der Waals surface area contributed by atoms with Gasteiger partial charge in [-0.3, -0.25) is 0 Å². The molecule has 1 N–H and O–H groups in total. The Morgan fingerprint density at radius 3 is 2.46 bits per heavy atom. The van der Waals surface area contributed by atoms with Crippen molar-refractivity contribution in [3.8, 4) is 0 Å². The van der Waals surface area contributed by atoms with E-state index >= 15 is 0 Å². The van der Waals surface area contributed by atoms with Crippen molar-refractivity contribution in [1.82, 2.24) is 25.1 Å². The van der Waals surface area contributed by atoms with Gasteiger partial charge in [0.2, 0.25) is 5.65 Å². The molecule has 2 saturated heterocycles. The number of alkyl carbamates (subject to hydrolysis) is 1. The van der Waals surface area contributed by atoms with E-state index in [1.165, 1.54) is 0 Å². The second-order valence-electron chi connectivity index (χ2n) is 11.8. The fourth-order valence-electron chi connectivity index (χ4n) is 4.78. The summed E-state index contributed by atoms with van der Waals surface area (Å²) in [5, 5.41) is 7.78. The molecule has 1 amide bonds. The second kappa shape index (κ2) is 10.4. The van der Waals surface area contributed by atoms with Crippen molar-refractivity contribution < 1.29 is 14.3 Å². The summed E-state index contributed by atoms with van der Waals surface area (Å²) in [6.07, 6.45) is 3.52. The SMILES string of the molecule is CC(C)(C)OC(=O)NC1C[C@H]2CC[C@@H](C1)N2c1nc2nn(COCC[Si](C)(C)C)c(I)c2nc1Br. The summed E-state index contributed by atoms with van der Waals surface area (Å²) in [7, 11) is -1.13. The Labute approximate surface area is 230 Å². The third-order valence-electron chi connectivity index (χ3n) is 6.36. The van der Waals surface area contributed by atoms with Crippen LogP contribution in [0, 0.1) is 3.70 Å². The van der Waals surface area contributed by atoms with Crippen LogP contribution >= 0.6 is 38.5 Å². The van der Waals surface area contributed by atoms with Crippen molar-refractivity contribution in [2.75, 3.05) is 11.5 Å². The van der Waals surface area contributed by atoms with Crippen LogP contribution in [0.15, 0.2) is 4.60 Å². The van der Waals surface area contributed by atoms with Gasteiger partial charge < -0.3 is 19.7 Å². The van der Waals surface area contributed by atoms with E-state index in [-0.39, 0.29) is 12.1 Å². The predicted molar refractivity (Wildman–Crippen MR) is 152 cm³/mol. The van der Waals surface area contributed by atoms with Gasteiger partial charge in [-0.1, -0.05) is 19.6 Å². The van der Waals surface area contributed by atoms with Gasteiger partial charge in [0.1, 0.15) is 26.2 Å². The maximum absolute atomic E-state index is 12.3. The van der Waals surface area contributed by atoms with Crippen LogP contribution < -0.4 is 10.2 Å². The summed E-state index contributed by atoms with van der Waals surface area (Å²) < 4.78 is 14.9. The average Bonchev–Trinajstić information content (AvgIpc) is 3.15. The molecule has 35 heavy (non-hydrogen) atoms. The molecule has 2 aromatic rings. The molecule has 2 aromatic heterocycles. The first-order chi connectivity index (χ1) is 16.3.